The Kier molecular flexibility index (Phi) is 10.9. The molecule has 3 heterocycles. The van der Waals surface area contributed by atoms with E-state index in [0.717, 1.165) is 47.7 Å². The molecule has 1 aliphatic rings. The molecule has 1 amide bonds. The molecule has 236 valence electrons. The third kappa shape index (κ3) is 8.73. The Morgan fingerprint density at radius 3 is 2.23 bits per heavy atom. The van der Waals surface area contributed by atoms with Crippen LogP contribution in [0, 0.1) is 0 Å². The zero-order valence-corrected chi connectivity index (χ0v) is 26.8. The van der Waals surface area contributed by atoms with Crippen molar-refractivity contribution < 1.29 is 14.0 Å². The van der Waals surface area contributed by atoms with Crippen molar-refractivity contribution in [2.24, 2.45) is 5.73 Å². The van der Waals surface area contributed by atoms with Crippen LogP contribution in [0.2, 0.25) is 0 Å². The molecule has 0 aliphatic carbocycles. The van der Waals surface area contributed by atoms with E-state index in [9.17, 15) is 4.79 Å². The second-order valence-corrected chi connectivity index (χ2v) is 12.5. The van der Waals surface area contributed by atoms with Crippen LogP contribution in [0.4, 0.5) is 5.82 Å². The van der Waals surface area contributed by atoms with E-state index in [1.807, 2.05) is 85.3 Å². The van der Waals surface area contributed by atoms with Gasteiger partial charge in [-0.2, -0.15) is 5.10 Å². The smallest absolute Gasteiger partial charge is 0.236 e. The molecule has 44 heavy (non-hydrogen) atoms. The number of nitrogens with zero attached hydrogens (tertiary/aromatic N) is 8. The van der Waals surface area contributed by atoms with Gasteiger partial charge in [-0.3, -0.25) is 9.69 Å². The van der Waals surface area contributed by atoms with Gasteiger partial charge in [0.15, 0.2) is 5.65 Å². The van der Waals surface area contributed by atoms with Crippen molar-refractivity contribution in [1.29, 1.82) is 0 Å². The number of para-hydroxylation sites is 1. The molecule has 12 heteroatoms. The molecular weight excluding hydrogens is 556 g/mol. The summed E-state index contributed by atoms with van der Waals surface area (Å²) >= 11 is 0. The molecule has 0 radical (unpaired) electrons. The number of hydrogen-bond acceptors (Lipinski definition) is 9. The number of amides is 1. The predicted octanol–water partition coefficient (Wildman–Crippen LogP) is 2.40. The molecule has 5 rings (SSSR count). The number of rotatable bonds is 11. The van der Waals surface area contributed by atoms with Crippen LogP contribution >= 0.6 is 0 Å². The SMILES string of the molecule is CN(C)CCN(C)CC(=O)N1CC(n2nc(-c3ccc(Oc4ccccc4)cc3)c3c(N)ncnc32)C1.C[N+](C)(C)CCN. The molecule has 2 aromatic carbocycles. The largest absolute Gasteiger partial charge is 0.457 e. The molecule has 4 aromatic rings. The van der Waals surface area contributed by atoms with E-state index in [1.54, 1.807) is 0 Å². The lowest BCUT2D eigenvalue weighted by atomic mass is 10.1. The van der Waals surface area contributed by atoms with E-state index in [-0.39, 0.29) is 11.9 Å². The van der Waals surface area contributed by atoms with Crippen LogP contribution in [0.5, 0.6) is 11.5 Å². The number of likely N-dealkylation sites (tertiary alicyclic amines) is 1. The van der Waals surface area contributed by atoms with E-state index in [4.69, 9.17) is 21.3 Å². The number of fused-ring (bicyclic) bond motifs is 1. The minimum atomic E-state index is 0.0299. The number of likely N-dealkylation sites (N-methyl/N-ethyl adjacent to an activating group) is 3. The molecule has 1 saturated heterocycles. The molecule has 0 spiro atoms. The quantitative estimate of drug-likeness (QED) is 0.248. The Balaban J connectivity index is 0.000000566. The van der Waals surface area contributed by atoms with Gasteiger partial charge in [0.2, 0.25) is 5.91 Å². The van der Waals surface area contributed by atoms with E-state index in [2.05, 4.69) is 40.9 Å². The normalized spacial score (nSPS) is 13.6. The lowest BCUT2D eigenvalue weighted by molar-refractivity contribution is -0.868. The van der Waals surface area contributed by atoms with Crippen LogP contribution in [-0.4, -0.2) is 133 Å². The molecule has 0 bridgehead atoms. The molecule has 2 aromatic heterocycles. The average molecular weight is 604 g/mol. The summed E-state index contributed by atoms with van der Waals surface area (Å²) in [7, 11) is 12.4. The van der Waals surface area contributed by atoms with Crippen molar-refractivity contribution in [2.45, 2.75) is 6.04 Å². The van der Waals surface area contributed by atoms with Gasteiger partial charge in [-0.05, 0) is 57.5 Å². The van der Waals surface area contributed by atoms with Crippen molar-refractivity contribution >= 4 is 22.8 Å². The first kappa shape index (κ1) is 32.8. The molecule has 4 N–H and O–H groups in total. The predicted molar refractivity (Wildman–Crippen MR) is 175 cm³/mol. The van der Waals surface area contributed by atoms with E-state index >= 15 is 0 Å². The highest BCUT2D eigenvalue weighted by Crippen LogP contribution is 2.35. The Bertz CT molecular complexity index is 1490. The molecule has 0 atom stereocenters. The van der Waals surface area contributed by atoms with Crippen molar-refractivity contribution in [3.63, 3.8) is 0 Å². The minimum Gasteiger partial charge on any atom is -0.457 e. The first-order valence-corrected chi connectivity index (χ1v) is 14.9. The van der Waals surface area contributed by atoms with Gasteiger partial charge in [-0.25, -0.2) is 14.6 Å². The number of nitrogens with two attached hydrogens (primary N) is 2. The number of benzene rings is 2. The van der Waals surface area contributed by atoms with Crippen LogP contribution in [-0.2, 0) is 4.79 Å². The zero-order chi connectivity index (χ0) is 31.9. The zero-order valence-electron chi connectivity index (χ0n) is 26.8. The Labute approximate surface area is 260 Å². The number of nitrogen functional groups attached to an aromatic ring is 1. The summed E-state index contributed by atoms with van der Waals surface area (Å²) in [5, 5.41) is 5.61. The second kappa shape index (κ2) is 14.6. The number of carbonyl (C=O) groups excluding carboxylic acids is 1. The van der Waals surface area contributed by atoms with Gasteiger partial charge in [0, 0.05) is 38.3 Å². The third-order valence-corrected chi connectivity index (χ3v) is 7.32. The number of anilines is 1. The Morgan fingerprint density at radius 1 is 0.977 bits per heavy atom. The third-order valence-electron chi connectivity index (χ3n) is 7.32. The standard InChI is InChI=1S/C27H32N8O2.C5H15N2/c1-32(2)13-14-33(3)17-23(36)34-15-20(16-34)35-27-24(26(28)29-18-30-27)25(31-35)19-9-11-22(12-10-19)37-21-7-5-4-6-8-21;1-7(2,3)5-4-6/h4-12,18,20H,13-17H2,1-3H3,(H2,28,29,30);4-6H2,1-3H3/q;+1. The first-order chi connectivity index (χ1) is 20.9. The maximum Gasteiger partial charge on any atom is 0.236 e. The van der Waals surface area contributed by atoms with E-state index in [0.29, 0.717) is 42.2 Å². The number of quaternary nitrogens is 1. The number of carbonyl (C=O) groups is 1. The number of hydrogen-bond donors (Lipinski definition) is 2. The number of aromatic nitrogens is 4. The fourth-order valence-electron chi connectivity index (χ4n) is 4.74. The fourth-order valence-corrected chi connectivity index (χ4v) is 4.74. The van der Waals surface area contributed by atoms with Crippen LogP contribution < -0.4 is 16.2 Å². The summed E-state index contributed by atoms with van der Waals surface area (Å²) in [6.07, 6.45) is 1.46. The Morgan fingerprint density at radius 2 is 1.64 bits per heavy atom. The highest BCUT2D eigenvalue weighted by molar-refractivity contribution is 5.98. The van der Waals surface area contributed by atoms with Crippen LogP contribution in [0.25, 0.3) is 22.3 Å². The highest BCUT2D eigenvalue weighted by Gasteiger charge is 2.35. The Hall–Kier alpha value is -4.10. The maximum atomic E-state index is 12.7. The number of ether oxygens (including phenoxy) is 1. The van der Waals surface area contributed by atoms with Gasteiger partial charge in [-0.15, -0.1) is 0 Å². The monoisotopic (exact) mass is 603 g/mol. The van der Waals surface area contributed by atoms with Crippen molar-refractivity contribution in [3.05, 3.63) is 60.9 Å². The van der Waals surface area contributed by atoms with E-state index in [1.165, 1.54) is 6.33 Å². The van der Waals surface area contributed by atoms with Gasteiger partial charge >= 0.3 is 0 Å². The highest BCUT2D eigenvalue weighted by atomic mass is 16.5. The van der Waals surface area contributed by atoms with Gasteiger partial charge in [0.05, 0.1) is 45.7 Å². The molecule has 0 saturated carbocycles. The minimum absolute atomic E-state index is 0.0299. The average Bonchev–Trinajstić information content (AvgIpc) is 3.32. The summed E-state index contributed by atoms with van der Waals surface area (Å²) in [5.41, 5.74) is 13.9. The van der Waals surface area contributed by atoms with Gasteiger partial charge in [0.1, 0.15) is 29.3 Å². The molecule has 12 nitrogen and oxygen atoms in total. The second-order valence-electron chi connectivity index (χ2n) is 12.5. The summed E-state index contributed by atoms with van der Waals surface area (Å²) in [5.74, 6) is 2.00. The summed E-state index contributed by atoms with van der Waals surface area (Å²) < 4.78 is 8.77. The molecular formula is C32H47N10O2+. The van der Waals surface area contributed by atoms with Crippen molar-refractivity contribution in [1.82, 2.24) is 34.4 Å². The van der Waals surface area contributed by atoms with Crippen molar-refractivity contribution in [2.75, 3.05) is 93.8 Å². The lowest BCUT2D eigenvalue weighted by Gasteiger charge is -2.40. The summed E-state index contributed by atoms with van der Waals surface area (Å²) in [6.45, 7) is 5.17. The van der Waals surface area contributed by atoms with Crippen LogP contribution in [0.15, 0.2) is 60.9 Å². The van der Waals surface area contributed by atoms with Gasteiger partial charge in [-0.1, -0.05) is 18.2 Å². The lowest BCUT2D eigenvalue weighted by Crippen LogP contribution is -2.53. The van der Waals surface area contributed by atoms with Gasteiger partial charge < -0.3 is 30.5 Å². The molecule has 1 aliphatic heterocycles. The topological polar surface area (TPSA) is 132 Å². The summed E-state index contributed by atoms with van der Waals surface area (Å²) in [6, 6.07) is 17.4. The van der Waals surface area contributed by atoms with Crippen LogP contribution in [0.1, 0.15) is 6.04 Å². The molecule has 1 fully saturated rings. The first-order valence-electron chi connectivity index (χ1n) is 14.9. The van der Waals surface area contributed by atoms with Crippen molar-refractivity contribution in [3.8, 4) is 22.8 Å². The van der Waals surface area contributed by atoms with E-state index < -0.39 is 0 Å². The molecule has 0 unspecified atom stereocenters. The van der Waals surface area contributed by atoms with Gasteiger partial charge in [0.25, 0.3) is 0 Å². The maximum absolute atomic E-state index is 12.7. The van der Waals surface area contributed by atoms with Crippen LogP contribution in [0.3, 0.4) is 0 Å². The summed E-state index contributed by atoms with van der Waals surface area (Å²) in [4.78, 5) is 27.5. The fraction of sp³-hybridized carbons (Fsp3) is 0.438.